The van der Waals surface area contributed by atoms with Crippen LogP contribution in [-0.4, -0.2) is 18.6 Å². The number of nitrogens with one attached hydrogen (secondary N) is 1. The van der Waals surface area contributed by atoms with Gasteiger partial charge in [-0.15, -0.1) is 13.2 Å². The molecule has 6 nitrogen and oxygen atoms in total. The van der Waals surface area contributed by atoms with Crippen LogP contribution < -0.4 is 20.6 Å². The molecule has 0 spiro atoms. The molecule has 0 saturated heterocycles. The van der Waals surface area contributed by atoms with Crippen molar-refractivity contribution in [2.75, 3.05) is 0 Å². The minimum Gasteiger partial charge on any atom is -0.489 e. The van der Waals surface area contributed by atoms with Crippen molar-refractivity contribution >= 4 is 12.2 Å². The van der Waals surface area contributed by atoms with Gasteiger partial charge in [0.15, 0.2) is 0 Å². The number of ether oxygens (including phenoxy) is 2. The van der Waals surface area contributed by atoms with E-state index in [0.717, 1.165) is 11.1 Å². The topological polar surface area (TPSA) is 85.9 Å². The van der Waals surface area contributed by atoms with Gasteiger partial charge in [-0.25, -0.2) is 10.2 Å². The molecule has 2 aromatic carbocycles. The average molecular weight is 353 g/mol. The standard InChI is InChI=1S/C16H14F3N3O3/c17-16(18,19)25-14-7-5-13(6-8-14)24-10-12-3-1-11(2-4-12)9-21-22-15(20)23/h1-9H,10H2,(H3,20,22,23). The lowest BCUT2D eigenvalue weighted by molar-refractivity contribution is -0.274. The van der Waals surface area contributed by atoms with Crippen molar-refractivity contribution in [1.29, 1.82) is 0 Å². The third-order valence-corrected chi connectivity index (χ3v) is 2.83. The van der Waals surface area contributed by atoms with Crippen molar-refractivity contribution in [3.05, 3.63) is 59.7 Å². The van der Waals surface area contributed by atoms with Gasteiger partial charge < -0.3 is 15.2 Å². The molecule has 0 aliphatic rings. The molecular formula is C16H14F3N3O3. The van der Waals surface area contributed by atoms with Crippen molar-refractivity contribution in [2.24, 2.45) is 10.8 Å². The maximum Gasteiger partial charge on any atom is 0.573 e. The normalized spacial score (nSPS) is 11.3. The van der Waals surface area contributed by atoms with E-state index >= 15 is 0 Å². The second-order valence-corrected chi connectivity index (χ2v) is 4.78. The fourth-order valence-corrected chi connectivity index (χ4v) is 1.77. The number of carbonyl (C=O) groups is 1. The zero-order valence-corrected chi connectivity index (χ0v) is 12.8. The Kier molecular flexibility index (Phi) is 5.83. The van der Waals surface area contributed by atoms with Gasteiger partial charge >= 0.3 is 12.4 Å². The van der Waals surface area contributed by atoms with Crippen LogP contribution in [0.15, 0.2) is 53.6 Å². The number of amides is 2. The van der Waals surface area contributed by atoms with Gasteiger partial charge in [0.1, 0.15) is 18.1 Å². The summed E-state index contributed by atoms with van der Waals surface area (Å²) in [5.74, 6) is 0.0962. The summed E-state index contributed by atoms with van der Waals surface area (Å²) >= 11 is 0. The van der Waals surface area contributed by atoms with Gasteiger partial charge in [-0.1, -0.05) is 24.3 Å². The number of nitrogens with two attached hydrogens (primary N) is 1. The van der Waals surface area contributed by atoms with Gasteiger partial charge in [-0.05, 0) is 35.4 Å². The molecule has 0 aromatic heterocycles. The van der Waals surface area contributed by atoms with Crippen molar-refractivity contribution < 1.29 is 27.4 Å². The molecule has 0 atom stereocenters. The number of alkyl halides is 3. The van der Waals surface area contributed by atoms with Crippen LogP contribution in [0.3, 0.4) is 0 Å². The van der Waals surface area contributed by atoms with E-state index in [-0.39, 0.29) is 12.4 Å². The summed E-state index contributed by atoms with van der Waals surface area (Å²) in [4.78, 5) is 10.5. The molecule has 3 N–H and O–H groups in total. The number of hydrogen-bond acceptors (Lipinski definition) is 4. The molecule has 2 amide bonds. The van der Waals surface area contributed by atoms with Crippen LogP contribution >= 0.6 is 0 Å². The zero-order valence-electron chi connectivity index (χ0n) is 12.8. The molecule has 0 radical (unpaired) electrons. The Bertz CT molecular complexity index is 729. The van der Waals surface area contributed by atoms with Crippen LogP contribution in [0.1, 0.15) is 11.1 Å². The molecular weight excluding hydrogens is 339 g/mol. The van der Waals surface area contributed by atoms with E-state index in [2.05, 4.69) is 15.3 Å². The quantitative estimate of drug-likeness (QED) is 0.618. The van der Waals surface area contributed by atoms with Crippen LogP contribution in [0.25, 0.3) is 0 Å². The van der Waals surface area contributed by atoms with Gasteiger partial charge in [-0.2, -0.15) is 5.10 Å². The van der Waals surface area contributed by atoms with Gasteiger partial charge in [-0.3, -0.25) is 0 Å². The smallest absolute Gasteiger partial charge is 0.489 e. The summed E-state index contributed by atoms with van der Waals surface area (Å²) in [6.45, 7) is 0.233. The number of rotatable bonds is 6. The average Bonchev–Trinajstić information content (AvgIpc) is 2.54. The van der Waals surface area contributed by atoms with Crippen LogP contribution in [-0.2, 0) is 6.61 Å². The van der Waals surface area contributed by atoms with E-state index in [1.807, 2.05) is 0 Å². The van der Waals surface area contributed by atoms with E-state index in [9.17, 15) is 18.0 Å². The number of primary amides is 1. The number of nitrogens with zero attached hydrogens (tertiary/aromatic N) is 1. The fourth-order valence-electron chi connectivity index (χ4n) is 1.77. The molecule has 0 unspecified atom stereocenters. The molecule has 0 heterocycles. The molecule has 0 saturated carbocycles. The lowest BCUT2D eigenvalue weighted by atomic mass is 10.1. The molecule has 0 aliphatic heterocycles. The third-order valence-electron chi connectivity index (χ3n) is 2.83. The third kappa shape index (κ3) is 6.81. The molecule has 25 heavy (non-hydrogen) atoms. The number of hydrogen-bond donors (Lipinski definition) is 2. The summed E-state index contributed by atoms with van der Waals surface area (Å²) in [7, 11) is 0. The highest BCUT2D eigenvalue weighted by atomic mass is 19.4. The first-order valence-electron chi connectivity index (χ1n) is 6.98. The molecule has 0 aliphatic carbocycles. The molecule has 9 heteroatoms. The lowest BCUT2D eigenvalue weighted by Gasteiger charge is -2.10. The first kappa shape index (κ1) is 18.1. The van der Waals surface area contributed by atoms with Crippen molar-refractivity contribution in [3.63, 3.8) is 0 Å². The SMILES string of the molecule is NC(=O)NN=Cc1ccc(COc2ccc(OC(F)(F)F)cc2)cc1. The summed E-state index contributed by atoms with van der Waals surface area (Å²) in [6, 6.07) is 11.4. The number of urea groups is 1. The highest BCUT2D eigenvalue weighted by Gasteiger charge is 2.30. The maximum atomic E-state index is 12.1. The van der Waals surface area contributed by atoms with E-state index in [4.69, 9.17) is 10.5 Å². The monoisotopic (exact) mass is 353 g/mol. The van der Waals surface area contributed by atoms with Crippen LogP contribution in [0, 0.1) is 0 Å². The number of benzene rings is 2. The predicted molar refractivity (Wildman–Crippen MR) is 84.2 cm³/mol. The molecule has 132 valence electrons. The molecule has 2 aromatic rings. The van der Waals surface area contributed by atoms with Crippen LogP contribution in [0.2, 0.25) is 0 Å². The Morgan fingerprint density at radius 3 is 2.24 bits per heavy atom. The van der Waals surface area contributed by atoms with Crippen molar-refractivity contribution in [3.8, 4) is 11.5 Å². The van der Waals surface area contributed by atoms with Gasteiger partial charge in [0.2, 0.25) is 0 Å². The summed E-state index contributed by atoms with van der Waals surface area (Å²) in [5, 5.41) is 3.63. The molecule has 0 fully saturated rings. The van der Waals surface area contributed by atoms with Crippen molar-refractivity contribution in [2.45, 2.75) is 13.0 Å². The maximum absolute atomic E-state index is 12.1. The van der Waals surface area contributed by atoms with Crippen molar-refractivity contribution in [1.82, 2.24) is 5.43 Å². The van der Waals surface area contributed by atoms with E-state index < -0.39 is 12.4 Å². The Labute approximate surface area is 141 Å². The first-order valence-corrected chi connectivity index (χ1v) is 6.98. The highest BCUT2D eigenvalue weighted by Crippen LogP contribution is 2.25. The number of halogens is 3. The summed E-state index contributed by atoms with van der Waals surface area (Å²) in [5.41, 5.74) is 8.53. The second-order valence-electron chi connectivity index (χ2n) is 4.78. The zero-order chi connectivity index (χ0) is 18.3. The molecule has 2 rings (SSSR count). The second kappa shape index (κ2) is 8.04. The summed E-state index contributed by atoms with van der Waals surface area (Å²) < 4.78 is 45.5. The Morgan fingerprint density at radius 2 is 1.68 bits per heavy atom. The summed E-state index contributed by atoms with van der Waals surface area (Å²) in [6.07, 6.45) is -3.30. The minimum atomic E-state index is -4.72. The highest BCUT2D eigenvalue weighted by molar-refractivity contribution is 5.81. The number of hydrazone groups is 1. The fraction of sp³-hybridized carbons (Fsp3) is 0.125. The van der Waals surface area contributed by atoms with Gasteiger partial charge in [0.05, 0.1) is 6.21 Å². The van der Waals surface area contributed by atoms with Crippen LogP contribution in [0.5, 0.6) is 11.5 Å². The van der Waals surface area contributed by atoms with E-state index in [1.165, 1.54) is 30.5 Å². The lowest BCUT2D eigenvalue weighted by Crippen LogP contribution is -2.24. The minimum absolute atomic E-state index is 0.233. The Morgan fingerprint density at radius 1 is 1.08 bits per heavy atom. The first-order chi connectivity index (χ1) is 11.8. The van der Waals surface area contributed by atoms with Gasteiger partial charge in [0, 0.05) is 0 Å². The van der Waals surface area contributed by atoms with E-state index in [1.54, 1.807) is 24.3 Å². The predicted octanol–water partition coefficient (Wildman–Crippen LogP) is 3.17. The van der Waals surface area contributed by atoms with Crippen LogP contribution in [0.4, 0.5) is 18.0 Å². The largest absolute Gasteiger partial charge is 0.573 e. The number of carbonyl (C=O) groups excluding carboxylic acids is 1. The molecule has 0 bridgehead atoms. The Balaban J connectivity index is 1.86. The Hall–Kier alpha value is -3.23. The van der Waals surface area contributed by atoms with E-state index in [0.29, 0.717) is 5.75 Å². The van der Waals surface area contributed by atoms with Gasteiger partial charge in [0.25, 0.3) is 0 Å².